The van der Waals surface area contributed by atoms with Crippen molar-refractivity contribution >= 4 is 11.6 Å². The average molecular weight is 312 g/mol. The van der Waals surface area contributed by atoms with Gasteiger partial charge in [-0.05, 0) is 38.0 Å². The van der Waals surface area contributed by atoms with Crippen LogP contribution in [0.25, 0.3) is 5.78 Å². The Labute approximate surface area is 136 Å². The van der Waals surface area contributed by atoms with Gasteiger partial charge in [-0.2, -0.15) is 14.6 Å². The van der Waals surface area contributed by atoms with Crippen LogP contribution in [0, 0.1) is 18.8 Å². The first-order chi connectivity index (χ1) is 11.3. The Bertz CT molecular complexity index is 717. The average Bonchev–Trinajstić information content (AvgIpc) is 3.30. The summed E-state index contributed by atoms with van der Waals surface area (Å²) < 4.78 is 1.88. The Morgan fingerprint density at radius 1 is 1.09 bits per heavy atom. The van der Waals surface area contributed by atoms with Crippen molar-refractivity contribution in [3.8, 4) is 0 Å². The molecule has 6 heteroatoms. The third kappa shape index (κ3) is 2.23. The molecule has 0 spiro atoms. The highest BCUT2D eigenvalue weighted by Crippen LogP contribution is 2.46. The quantitative estimate of drug-likeness (QED) is 0.845. The van der Waals surface area contributed by atoms with Gasteiger partial charge >= 0.3 is 0 Å². The van der Waals surface area contributed by atoms with E-state index in [0.29, 0.717) is 5.78 Å². The monoisotopic (exact) mass is 312 g/mol. The number of rotatable bonds is 2. The molecule has 2 aromatic heterocycles. The van der Waals surface area contributed by atoms with Gasteiger partial charge in [0.1, 0.15) is 12.1 Å². The molecule has 0 N–H and O–H groups in total. The van der Waals surface area contributed by atoms with Crippen LogP contribution in [0.15, 0.2) is 12.4 Å². The van der Waals surface area contributed by atoms with E-state index in [-0.39, 0.29) is 0 Å². The fourth-order valence-corrected chi connectivity index (χ4v) is 5.08. The smallest absolute Gasteiger partial charge is 0.254 e. The van der Waals surface area contributed by atoms with E-state index in [1.807, 2.05) is 11.4 Å². The minimum atomic E-state index is 0.704. The Kier molecular flexibility index (Phi) is 3.08. The summed E-state index contributed by atoms with van der Waals surface area (Å²) in [6.45, 7) is 6.53. The van der Waals surface area contributed by atoms with E-state index in [1.54, 1.807) is 6.33 Å². The topological polar surface area (TPSA) is 49.6 Å². The first-order valence-corrected chi connectivity index (χ1v) is 8.94. The zero-order chi connectivity index (χ0) is 15.4. The second-order valence-corrected chi connectivity index (χ2v) is 7.49. The maximum atomic E-state index is 4.45. The van der Waals surface area contributed by atoms with Crippen molar-refractivity contribution in [3.63, 3.8) is 0 Å². The van der Waals surface area contributed by atoms with Crippen molar-refractivity contribution in [2.45, 2.75) is 38.6 Å². The van der Waals surface area contributed by atoms with Gasteiger partial charge in [-0.15, -0.1) is 0 Å². The lowest BCUT2D eigenvalue weighted by atomic mass is 9.93. The van der Waals surface area contributed by atoms with Crippen LogP contribution in [0.4, 0.5) is 5.82 Å². The van der Waals surface area contributed by atoms with Gasteiger partial charge in [0, 0.05) is 44.0 Å². The van der Waals surface area contributed by atoms with E-state index in [9.17, 15) is 0 Å². The molecule has 3 fully saturated rings. The first-order valence-electron chi connectivity index (χ1n) is 8.94. The van der Waals surface area contributed by atoms with Crippen molar-refractivity contribution in [1.29, 1.82) is 0 Å². The Hall–Kier alpha value is -1.69. The molecular formula is C17H24N6. The van der Waals surface area contributed by atoms with Crippen LogP contribution in [0.3, 0.4) is 0 Å². The van der Waals surface area contributed by atoms with Crippen LogP contribution in [-0.4, -0.2) is 56.7 Å². The molecule has 1 saturated heterocycles. The predicted molar refractivity (Wildman–Crippen MR) is 88.5 cm³/mol. The number of fused-ring (bicyclic) bond motifs is 3. The largest absolute Gasteiger partial charge is 0.354 e. The highest BCUT2D eigenvalue weighted by Gasteiger charge is 2.42. The first kappa shape index (κ1) is 13.7. The molecule has 122 valence electrons. The van der Waals surface area contributed by atoms with Gasteiger partial charge < -0.3 is 4.90 Å². The van der Waals surface area contributed by atoms with Crippen molar-refractivity contribution in [3.05, 3.63) is 18.1 Å². The molecule has 2 aromatic rings. The Balaban J connectivity index is 1.33. The van der Waals surface area contributed by atoms with E-state index >= 15 is 0 Å². The van der Waals surface area contributed by atoms with Crippen LogP contribution >= 0.6 is 0 Å². The number of aryl methyl sites for hydroxylation is 1. The summed E-state index contributed by atoms with van der Waals surface area (Å²) >= 11 is 0. The van der Waals surface area contributed by atoms with Crippen LogP contribution in [0.2, 0.25) is 0 Å². The highest BCUT2D eigenvalue weighted by molar-refractivity contribution is 5.47. The third-order valence-corrected chi connectivity index (χ3v) is 6.17. The van der Waals surface area contributed by atoms with Crippen molar-refractivity contribution in [2.24, 2.45) is 11.8 Å². The standard InChI is InChI=1S/C17H24N6/c1-12-8-16(23-17(20-12)18-11-19-23)22-6-4-21(5-7-22)15-10-13-2-3-14(15)9-13/h8,11,13-15H,2-7,9-10H2,1H3/t13-,14-,15-/m0/s1. The summed E-state index contributed by atoms with van der Waals surface area (Å²) in [4.78, 5) is 13.9. The van der Waals surface area contributed by atoms with Crippen molar-refractivity contribution in [2.75, 3.05) is 31.1 Å². The lowest BCUT2D eigenvalue weighted by Gasteiger charge is -2.41. The zero-order valence-corrected chi connectivity index (χ0v) is 13.7. The number of nitrogens with zero attached hydrogens (tertiary/aromatic N) is 6. The van der Waals surface area contributed by atoms with E-state index in [1.165, 1.54) is 38.8 Å². The van der Waals surface area contributed by atoms with Crippen LogP contribution in [0.1, 0.15) is 31.4 Å². The van der Waals surface area contributed by atoms with Crippen LogP contribution in [-0.2, 0) is 0 Å². The minimum Gasteiger partial charge on any atom is -0.354 e. The maximum Gasteiger partial charge on any atom is 0.254 e. The molecule has 1 aliphatic heterocycles. The van der Waals surface area contributed by atoms with Gasteiger partial charge in [-0.25, -0.2) is 4.98 Å². The zero-order valence-electron chi connectivity index (χ0n) is 13.7. The summed E-state index contributed by atoms with van der Waals surface area (Å²) in [7, 11) is 0. The third-order valence-electron chi connectivity index (χ3n) is 6.17. The maximum absolute atomic E-state index is 4.45. The fraction of sp³-hybridized carbons (Fsp3) is 0.706. The summed E-state index contributed by atoms with van der Waals surface area (Å²) in [5.41, 5.74) is 1.01. The van der Waals surface area contributed by atoms with E-state index in [0.717, 1.165) is 42.5 Å². The Morgan fingerprint density at radius 2 is 1.96 bits per heavy atom. The molecule has 23 heavy (non-hydrogen) atoms. The van der Waals surface area contributed by atoms with Gasteiger partial charge in [0.25, 0.3) is 5.78 Å². The molecule has 2 bridgehead atoms. The van der Waals surface area contributed by atoms with Crippen LogP contribution in [0.5, 0.6) is 0 Å². The minimum absolute atomic E-state index is 0.704. The molecule has 3 heterocycles. The second kappa shape index (κ2) is 5.16. The van der Waals surface area contributed by atoms with Gasteiger partial charge in [0.2, 0.25) is 0 Å². The van der Waals surface area contributed by atoms with Crippen LogP contribution < -0.4 is 4.90 Å². The number of anilines is 1. The molecule has 0 unspecified atom stereocenters. The van der Waals surface area contributed by atoms with Gasteiger partial charge in [-0.1, -0.05) is 6.42 Å². The molecule has 2 saturated carbocycles. The molecule has 2 aliphatic carbocycles. The number of hydrogen-bond donors (Lipinski definition) is 0. The molecule has 0 amide bonds. The van der Waals surface area contributed by atoms with Gasteiger partial charge in [-0.3, -0.25) is 4.90 Å². The van der Waals surface area contributed by atoms with E-state index in [2.05, 4.69) is 30.9 Å². The van der Waals surface area contributed by atoms with E-state index < -0.39 is 0 Å². The lowest BCUT2D eigenvalue weighted by Crippen LogP contribution is -2.52. The molecule has 0 aromatic carbocycles. The molecular weight excluding hydrogens is 288 g/mol. The predicted octanol–water partition coefficient (Wildman–Crippen LogP) is 1.74. The summed E-state index contributed by atoms with van der Waals surface area (Å²) in [5, 5.41) is 4.35. The summed E-state index contributed by atoms with van der Waals surface area (Å²) in [6.07, 6.45) is 7.50. The number of aromatic nitrogens is 4. The summed E-state index contributed by atoms with van der Waals surface area (Å²) in [5.74, 6) is 3.85. The summed E-state index contributed by atoms with van der Waals surface area (Å²) in [6, 6.07) is 3.00. The van der Waals surface area contributed by atoms with Gasteiger partial charge in [0.15, 0.2) is 0 Å². The van der Waals surface area contributed by atoms with Crippen molar-refractivity contribution < 1.29 is 0 Å². The molecule has 3 aliphatic rings. The number of piperazine rings is 1. The molecule has 0 radical (unpaired) electrons. The highest BCUT2D eigenvalue weighted by atomic mass is 15.4. The fourth-order valence-electron chi connectivity index (χ4n) is 5.08. The van der Waals surface area contributed by atoms with Crippen molar-refractivity contribution in [1.82, 2.24) is 24.5 Å². The van der Waals surface area contributed by atoms with E-state index in [4.69, 9.17) is 0 Å². The Morgan fingerprint density at radius 3 is 2.70 bits per heavy atom. The second-order valence-electron chi connectivity index (χ2n) is 7.49. The SMILES string of the molecule is Cc1cc(N2CCN([C@H]3C[C@H]4CC[C@H]3C4)CC2)n2ncnc2n1. The number of hydrogen-bond acceptors (Lipinski definition) is 5. The molecule has 6 nitrogen and oxygen atoms in total. The normalized spacial score (nSPS) is 31.3. The molecule has 3 atom stereocenters. The lowest BCUT2D eigenvalue weighted by molar-refractivity contribution is 0.134. The molecule has 5 rings (SSSR count). The van der Waals surface area contributed by atoms with Gasteiger partial charge in [0.05, 0.1) is 0 Å².